The summed E-state index contributed by atoms with van der Waals surface area (Å²) in [5.41, 5.74) is 12.9. The molecule has 5 aliphatic heterocycles. The summed E-state index contributed by atoms with van der Waals surface area (Å²) in [7, 11) is 0. The molecular formula is C113H117AlClF8LiN8O16. The van der Waals surface area contributed by atoms with Crippen LogP contribution in [0.25, 0.3) is 22.3 Å². The van der Waals surface area contributed by atoms with E-state index in [0.717, 1.165) is 175 Å². The molecule has 0 unspecified atom stereocenters. The molecule has 5 heterocycles. The number of benzene rings is 11. The molecule has 0 atom stereocenters. The van der Waals surface area contributed by atoms with E-state index in [1.165, 1.54) is 67.6 Å². The number of aliphatic hydroxyl groups is 1. The first-order valence-electron chi connectivity index (χ1n) is 47.4. The zero-order chi connectivity index (χ0) is 105. The molecule has 0 aliphatic carbocycles. The summed E-state index contributed by atoms with van der Waals surface area (Å²) >= 11 is 4.72. The van der Waals surface area contributed by atoms with Crippen LogP contribution in [-0.4, -0.2) is 200 Å². The van der Waals surface area contributed by atoms with Crippen LogP contribution in [0.3, 0.4) is 0 Å². The Kier molecular flexibility index (Phi) is 48.0. The molecule has 5 amide bonds. The normalized spacial score (nSPS) is 13.9. The summed E-state index contributed by atoms with van der Waals surface area (Å²) in [5.74, 6) is -11.9. The van der Waals surface area contributed by atoms with Crippen molar-refractivity contribution < 1.29 is 132 Å². The van der Waals surface area contributed by atoms with Crippen LogP contribution in [0.2, 0.25) is 0 Å². The molecule has 0 aromatic heterocycles. The largest absolute Gasteiger partial charge is 1.00 e. The van der Waals surface area contributed by atoms with Gasteiger partial charge in [-0.15, -0.1) is 0 Å². The summed E-state index contributed by atoms with van der Waals surface area (Å²) < 4.78 is 141. The average molecular weight is 2060 g/mol. The van der Waals surface area contributed by atoms with Crippen molar-refractivity contribution in [3.63, 3.8) is 0 Å². The minimum absolute atomic E-state index is 0. The maximum Gasteiger partial charge on any atom is 1.00 e. The van der Waals surface area contributed by atoms with Gasteiger partial charge in [0.05, 0.1) is 32.0 Å². The number of carbonyl (C=O) groups is 9. The van der Waals surface area contributed by atoms with E-state index < -0.39 is 110 Å². The fraction of sp³-hybridized carbons (Fsp3) is 0.265. The minimum atomic E-state index is -0.947. The minimum Gasteiger partial charge on any atom is -1.00 e. The van der Waals surface area contributed by atoms with Gasteiger partial charge in [-0.25, -0.2) is 49.5 Å². The molecule has 0 radical (unpaired) electrons. The van der Waals surface area contributed by atoms with Crippen LogP contribution in [0.15, 0.2) is 283 Å². The molecule has 24 nitrogen and oxygen atoms in total. The zero-order valence-electron chi connectivity index (χ0n) is 83.3. The third kappa shape index (κ3) is 35.7. The number of halogens is 9. The Morgan fingerprint density at radius 2 is 0.635 bits per heavy atom. The topological polar surface area (TPSA) is 290 Å². The van der Waals surface area contributed by atoms with Gasteiger partial charge in [-0.05, 0) is 234 Å². The Balaban J connectivity index is 0.000000232. The van der Waals surface area contributed by atoms with Crippen LogP contribution in [0.5, 0.6) is 0 Å². The molecule has 0 saturated carbocycles. The number of carbonyl (C=O) groups excluding carboxylic acids is 9. The van der Waals surface area contributed by atoms with Gasteiger partial charge >= 0.3 is 48.3 Å². The van der Waals surface area contributed by atoms with Crippen LogP contribution >= 0.6 is 11.6 Å². The van der Waals surface area contributed by atoms with E-state index in [0.29, 0.717) is 74.0 Å². The fourth-order valence-electron chi connectivity index (χ4n) is 16.6. The number of hydrogen-bond acceptors (Lipinski definition) is 19. The molecule has 35 heteroatoms. The van der Waals surface area contributed by atoms with Gasteiger partial charge in [-0.2, -0.15) is 0 Å². The van der Waals surface area contributed by atoms with Crippen molar-refractivity contribution in [3.8, 4) is 0 Å². The van der Waals surface area contributed by atoms with Crippen molar-refractivity contribution >= 4 is 127 Å². The van der Waals surface area contributed by atoms with Gasteiger partial charge in [0.25, 0.3) is 23.6 Å². The van der Waals surface area contributed by atoms with E-state index in [4.69, 9.17) is 35.3 Å². The molecule has 5 aliphatic rings. The molecule has 0 spiro atoms. The number of ether oxygens (including phenoxy) is 6. The summed E-state index contributed by atoms with van der Waals surface area (Å²) in [6, 6.07) is 71.4. The Bertz CT molecular complexity index is 6400. The standard InChI is InChI=1S/2C28H26F2N2O3.C26H24F2N2O2.C24H24F2N2O5.C4H8O.C3H5ClO2.Al.Li.4H/c1-19(33)35-18-22-17-32(16-20-6-3-2-4-7-20)15-14-24(22)21-10-12-23(13-11-21)31-28(34)27-25(29)8-5-9-26(27)30;1-2-35-28(34)23-18-32(17-19-7-4-3-5-8-19)16-15-22(23)20-11-13-21(14-12-20)31-27(33)26-24(29)9-6-10-25(26)30;27-23-7-4-8-24(28)25(23)26(32)29-21-11-9-19(10-12-21)22-13-14-30(16-20(22)17-31)15-18-5-2-1-3-6-18;1-3-32-24(31)28-12-11-19(17(13-28)14-33-15(2)29)16-7-9-18(10-8-16)27-23(30)22-20(25)5-4-6-21(22)26;1-2-4-5-3-1;1-2-6-3(4)5;;;;;;/h2-13H,14-18H2,1H3,(H,31,34);3-14H,2,15-18H2,1H3,(H,31,33);1-12,31H,13-17H2,(H,29,32);4-10H,3,11-14H2,1-2H3,(H,27,30);1-4H2;2H2,1H3;;;;;;/q;;;;;;;+1;;;;-1. The molecule has 0 bridgehead atoms. The second-order valence-corrected chi connectivity index (χ2v) is 34.2. The number of aliphatic hydroxyl groups excluding tert-OH is 1. The molecular weight excluding hydrogens is 1950 g/mol. The number of hydrogen-bond donors (Lipinski definition) is 5. The smallest absolute Gasteiger partial charge is 1.00 e. The van der Waals surface area contributed by atoms with E-state index >= 15 is 0 Å². The van der Waals surface area contributed by atoms with Crippen molar-refractivity contribution in [3.05, 3.63) is 391 Å². The van der Waals surface area contributed by atoms with E-state index in [2.05, 4.69) is 77.1 Å². The Morgan fingerprint density at radius 1 is 0.351 bits per heavy atom. The van der Waals surface area contributed by atoms with Gasteiger partial charge < -0.3 is 61.1 Å². The molecule has 11 aromatic carbocycles. The van der Waals surface area contributed by atoms with Crippen molar-refractivity contribution in [2.24, 2.45) is 0 Å². The maximum atomic E-state index is 13.9. The van der Waals surface area contributed by atoms with Crippen molar-refractivity contribution in [2.45, 2.75) is 92.8 Å². The van der Waals surface area contributed by atoms with Crippen molar-refractivity contribution in [2.75, 3.05) is 126 Å². The predicted molar refractivity (Wildman–Crippen MR) is 554 cm³/mol. The first kappa shape index (κ1) is 118. The number of nitrogens with zero attached hydrogens (tertiary/aromatic N) is 4. The Morgan fingerprint density at radius 3 is 0.919 bits per heavy atom. The van der Waals surface area contributed by atoms with Crippen molar-refractivity contribution in [1.82, 2.24) is 19.6 Å². The Labute approximate surface area is 883 Å². The average Bonchev–Trinajstić information content (AvgIpc) is 1.65. The molecule has 1 fully saturated rings. The first-order valence-corrected chi connectivity index (χ1v) is 47.8. The monoisotopic (exact) mass is 2060 g/mol. The summed E-state index contributed by atoms with van der Waals surface area (Å²) in [6.07, 6.45) is 4.87. The SMILES string of the molecule is C1CCOC1.CC(=O)OCC1=C(c2ccc(NC(=O)c3c(F)cccc3F)cc2)CCN(Cc2ccccc2)C1.CCOC(=O)C1=C(c2ccc(NC(=O)c3c(F)cccc3F)cc2)CCN(Cc2ccccc2)C1.CCOC(=O)Cl.CCOC(=O)N1CCC(c2ccc(NC(=O)c3c(F)cccc3F)cc2)=C(COC(C)=O)C1.O=C(Nc1ccc(C2=C(CO)CN(Cc3ccccc3)CC2)cc1)c1c(F)cccc1F.[AlH3].[H-].[Li+]. The number of rotatable bonds is 27. The molecule has 11 aromatic rings. The summed E-state index contributed by atoms with van der Waals surface area (Å²) in [5, 5.41) is 20.0. The van der Waals surface area contributed by atoms with Crippen LogP contribution in [0.1, 0.15) is 155 Å². The van der Waals surface area contributed by atoms with Crippen LogP contribution in [0.4, 0.5) is 67.5 Å². The first-order chi connectivity index (χ1) is 70.5. The molecule has 5 N–H and O–H groups in total. The fourth-order valence-corrected chi connectivity index (χ4v) is 16.7. The van der Waals surface area contributed by atoms with Gasteiger partial charge in [-0.3, -0.25) is 43.5 Å². The number of nitrogens with one attached hydrogen (secondary N) is 4. The second kappa shape index (κ2) is 60.4. The number of anilines is 4. The third-order valence-electron chi connectivity index (χ3n) is 23.6. The third-order valence-corrected chi connectivity index (χ3v) is 23.7. The molecule has 16 rings (SSSR count). The number of amides is 5. The van der Waals surface area contributed by atoms with Crippen LogP contribution in [-0.2, 0) is 62.4 Å². The quantitative estimate of drug-likeness (QED) is 0.0105. The predicted octanol–water partition coefficient (Wildman–Crippen LogP) is 18.3. The van der Waals surface area contributed by atoms with E-state index in [1.54, 1.807) is 98.5 Å². The maximum absolute atomic E-state index is 13.9. The summed E-state index contributed by atoms with van der Waals surface area (Å²) in [4.78, 5) is 115. The van der Waals surface area contributed by atoms with Gasteiger partial charge in [0.15, 0.2) is 17.4 Å². The molecule has 1 saturated heterocycles. The second-order valence-electron chi connectivity index (χ2n) is 33.9. The molecule has 148 heavy (non-hydrogen) atoms. The van der Waals surface area contributed by atoms with Gasteiger partial charge in [-0.1, -0.05) is 164 Å². The van der Waals surface area contributed by atoms with Gasteiger partial charge in [0.1, 0.15) is 82.0 Å². The van der Waals surface area contributed by atoms with Gasteiger partial charge in [0.2, 0.25) is 0 Å². The van der Waals surface area contributed by atoms with E-state index in [1.807, 2.05) is 78.9 Å². The van der Waals surface area contributed by atoms with Crippen LogP contribution in [0, 0.1) is 46.5 Å². The van der Waals surface area contributed by atoms with Crippen LogP contribution < -0.4 is 40.1 Å². The Hall–Kier alpha value is -13.9. The summed E-state index contributed by atoms with van der Waals surface area (Å²) in [6.45, 7) is 18.4. The number of esters is 3. The zero-order valence-corrected chi connectivity index (χ0v) is 83.0. The van der Waals surface area contributed by atoms with E-state index in [-0.39, 0.29) is 89.2 Å². The van der Waals surface area contributed by atoms with Gasteiger partial charge in [0, 0.05) is 133 Å². The van der Waals surface area contributed by atoms with E-state index in [9.17, 15) is 83.4 Å². The molecule has 772 valence electrons. The van der Waals surface area contributed by atoms with Crippen molar-refractivity contribution in [1.29, 1.82) is 0 Å².